The van der Waals surface area contributed by atoms with E-state index in [4.69, 9.17) is 14.6 Å². The minimum Gasteiger partial charge on any atom is -0.491 e. The third-order valence-corrected chi connectivity index (χ3v) is 3.92. The summed E-state index contributed by atoms with van der Waals surface area (Å²) in [6, 6.07) is 5.60. The van der Waals surface area contributed by atoms with Crippen molar-refractivity contribution in [2.75, 3.05) is 0 Å². The molecule has 0 spiro atoms. The Labute approximate surface area is 151 Å². The molecule has 0 aromatic heterocycles. The van der Waals surface area contributed by atoms with Crippen molar-refractivity contribution >= 4 is 12.0 Å². The van der Waals surface area contributed by atoms with Crippen LogP contribution < -0.4 is 9.47 Å². The fourth-order valence-electron chi connectivity index (χ4n) is 2.56. The average Bonchev–Trinajstić information content (AvgIpc) is 2.56. The molecule has 0 amide bonds. The summed E-state index contributed by atoms with van der Waals surface area (Å²) in [6.45, 7) is 8.43. The Bertz CT molecular complexity index is 517. The Morgan fingerprint density at radius 2 is 1.48 bits per heavy atom. The Kier molecular flexibility index (Phi) is 9.75. The first kappa shape index (κ1) is 21.1. The third kappa shape index (κ3) is 9.18. The summed E-state index contributed by atoms with van der Waals surface area (Å²) in [5.41, 5.74) is 0.764. The summed E-state index contributed by atoms with van der Waals surface area (Å²) >= 11 is 0. The van der Waals surface area contributed by atoms with Gasteiger partial charge < -0.3 is 14.6 Å². The SMILES string of the molecule is CCCCC(C)Oc1cc(C=CC(=O)O)cc(OC(C)CCCC)c1. The van der Waals surface area contributed by atoms with Crippen LogP contribution in [0.3, 0.4) is 0 Å². The zero-order valence-corrected chi connectivity index (χ0v) is 16.0. The Morgan fingerprint density at radius 3 is 1.88 bits per heavy atom. The first-order valence-electron chi connectivity index (χ1n) is 9.34. The lowest BCUT2D eigenvalue weighted by Crippen LogP contribution is -2.13. The van der Waals surface area contributed by atoms with E-state index in [1.54, 1.807) is 6.08 Å². The molecule has 25 heavy (non-hydrogen) atoms. The Hall–Kier alpha value is -1.97. The van der Waals surface area contributed by atoms with Gasteiger partial charge in [-0.25, -0.2) is 4.79 Å². The summed E-state index contributed by atoms with van der Waals surface area (Å²) in [4.78, 5) is 10.8. The molecule has 1 aromatic rings. The van der Waals surface area contributed by atoms with Crippen LogP contribution >= 0.6 is 0 Å². The molecular weight excluding hydrogens is 316 g/mol. The van der Waals surface area contributed by atoms with Gasteiger partial charge >= 0.3 is 5.97 Å². The van der Waals surface area contributed by atoms with E-state index in [1.165, 1.54) is 0 Å². The van der Waals surface area contributed by atoms with Gasteiger partial charge in [-0.15, -0.1) is 0 Å². The first-order valence-corrected chi connectivity index (χ1v) is 9.34. The number of carboxylic acid groups (broad SMARTS) is 1. The number of rotatable bonds is 12. The minimum atomic E-state index is -0.971. The Balaban J connectivity index is 2.91. The van der Waals surface area contributed by atoms with Gasteiger partial charge in [0.25, 0.3) is 0 Å². The van der Waals surface area contributed by atoms with Gasteiger partial charge in [-0.2, -0.15) is 0 Å². The molecule has 0 radical (unpaired) electrons. The number of carbonyl (C=O) groups is 1. The second kappa shape index (κ2) is 11.6. The molecule has 140 valence electrons. The molecule has 1 rings (SSSR count). The zero-order chi connectivity index (χ0) is 18.7. The van der Waals surface area contributed by atoms with Crippen molar-refractivity contribution in [1.82, 2.24) is 0 Å². The largest absolute Gasteiger partial charge is 0.491 e. The van der Waals surface area contributed by atoms with Gasteiger partial charge in [-0.1, -0.05) is 39.5 Å². The molecule has 2 atom stereocenters. The topological polar surface area (TPSA) is 55.8 Å². The minimum absolute atomic E-state index is 0.115. The van der Waals surface area contributed by atoms with Crippen LogP contribution in [-0.2, 0) is 4.79 Å². The van der Waals surface area contributed by atoms with Crippen LogP contribution in [0.2, 0.25) is 0 Å². The van der Waals surface area contributed by atoms with E-state index >= 15 is 0 Å². The van der Waals surface area contributed by atoms with Crippen LogP contribution in [0.25, 0.3) is 6.08 Å². The maximum atomic E-state index is 10.8. The van der Waals surface area contributed by atoms with Gasteiger partial charge in [-0.05, 0) is 50.5 Å². The summed E-state index contributed by atoms with van der Waals surface area (Å²) in [6.07, 6.45) is 9.43. The normalized spacial score (nSPS) is 13.6. The quantitative estimate of drug-likeness (QED) is 0.492. The molecule has 0 aliphatic carbocycles. The number of hydrogen-bond acceptors (Lipinski definition) is 3. The van der Waals surface area contributed by atoms with E-state index in [0.29, 0.717) is 11.5 Å². The highest BCUT2D eigenvalue weighted by Crippen LogP contribution is 2.27. The molecule has 0 saturated carbocycles. The van der Waals surface area contributed by atoms with Crippen LogP contribution in [0.4, 0.5) is 0 Å². The summed E-state index contributed by atoms with van der Waals surface area (Å²) in [5.74, 6) is 0.462. The van der Waals surface area contributed by atoms with E-state index in [-0.39, 0.29) is 12.2 Å². The number of carboxylic acids is 1. The van der Waals surface area contributed by atoms with Crippen molar-refractivity contribution < 1.29 is 19.4 Å². The van der Waals surface area contributed by atoms with Gasteiger partial charge in [0.15, 0.2) is 0 Å². The van der Waals surface area contributed by atoms with Crippen molar-refractivity contribution in [3.8, 4) is 11.5 Å². The summed E-state index contributed by atoms with van der Waals surface area (Å²) in [5, 5.41) is 8.85. The standard InChI is InChI=1S/C21H32O4/c1-5-7-9-16(3)24-19-13-18(11-12-21(22)23)14-20(15-19)25-17(4)10-8-6-2/h11-17H,5-10H2,1-4H3,(H,22,23). The third-order valence-electron chi connectivity index (χ3n) is 3.92. The lowest BCUT2D eigenvalue weighted by molar-refractivity contribution is -0.131. The lowest BCUT2D eigenvalue weighted by atomic mass is 10.1. The van der Waals surface area contributed by atoms with E-state index in [1.807, 2.05) is 18.2 Å². The highest BCUT2D eigenvalue weighted by Gasteiger charge is 2.09. The zero-order valence-electron chi connectivity index (χ0n) is 16.0. The second-order valence-electron chi connectivity index (χ2n) is 6.55. The number of benzene rings is 1. The van der Waals surface area contributed by atoms with E-state index in [2.05, 4.69) is 27.7 Å². The molecule has 4 nitrogen and oxygen atoms in total. The highest BCUT2D eigenvalue weighted by molar-refractivity contribution is 5.85. The number of unbranched alkanes of at least 4 members (excludes halogenated alkanes) is 2. The van der Waals surface area contributed by atoms with Crippen LogP contribution in [0, 0.1) is 0 Å². The molecule has 1 N–H and O–H groups in total. The fraction of sp³-hybridized carbons (Fsp3) is 0.571. The first-order chi connectivity index (χ1) is 11.9. The second-order valence-corrected chi connectivity index (χ2v) is 6.55. The highest BCUT2D eigenvalue weighted by atomic mass is 16.5. The van der Waals surface area contributed by atoms with Gasteiger partial charge in [0.05, 0.1) is 12.2 Å². The van der Waals surface area contributed by atoms with E-state index < -0.39 is 5.97 Å². The molecular formula is C21H32O4. The van der Waals surface area contributed by atoms with Crippen LogP contribution in [0.5, 0.6) is 11.5 Å². The lowest BCUT2D eigenvalue weighted by Gasteiger charge is -2.18. The van der Waals surface area contributed by atoms with Crippen LogP contribution in [0.15, 0.2) is 24.3 Å². The predicted octanol–water partition coefficient (Wildman–Crippen LogP) is 5.70. The number of hydrogen-bond donors (Lipinski definition) is 1. The predicted molar refractivity (Wildman–Crippen MR) is 102 cm³/mol. The summed E-state index contributed by atoms with van der Waals surface area (Å²) < 4.78 is 12.0. The van der Waals surface area contributed by atoms with Crippen LogP contribution in [-0.4, -0.2) is 23.3 Å². The van der Waals surface area contributed by atoms with Gasteiger partial charge in [0.2, 0.25) is 0 Å². The average molecular weight is 348 g/mol. The maximum absolute atomic E-state index is 10.8. The molecule has 0 saturated heterocycles. The molecule has 0 aliphatic rings. The monoisotopic (exact) mass is 348 g/mol. The molecule has 0 bridgehead atoms. The molecule has 1 aromatic carbocycles. The molecule has 4 heteroatoms. The number of aliphatic carboxylic acids is 1. The van der Waals surface area contributed by atoms with Gasteiger partial charge in [-0.3, -0.25) is 0 Å². The fourth-order valence-corrected chi connectivity index (χ4v) is 2.56. The van der Waals surface area contributed by atoms with E-state index in [9.17, 15) is 4.79 Å². The van der Waals surface area contributed by atoms with Crippen molar-refractivity contribution in [1.29, 1.82) is 0 Å². The Morgan fingerprint density at radius 1 is 1.00 bits per heavy atom. The van der Waals surface area contributed by atoms with E-state index in [0.717, 1.165) is 50.2 Å². The molecule has 2 unspecified atom stereocenters. The van der Waals surface area contributed by atoms with Crippen LogP contribution in [0.1, 0.15) is 71.8 Å². The van der Waals surface area contributed by atoms with Crippen molar-refractivity contribution in [2.24, 2.45) is 0 Å². The molecule has 0 fully saturated rings. The van der Waals surface area contributed by atoms with Gasteiger partial charge in [0.1, 0.15) is 11.5 Å². The smallest absolute Gasteiger partial charge is 0.328 e. The molecule has 0 aliphatic heterocycles. The maximum Gasteiger partial charge on any atom is 0.328 e. The van der Waals surface area contributed by atoms with Crippen molar-refractivity contribution in [3.05, 3.63) is 29.8 Å². The van der Waals surface area contributed by atoms with Crippen molar-refractivity contribution in [3.63, 3.8) is 0 Å². The summed E-state index contributed by atoms with van der Waals surface area (Å²) in [7, 11) is 0. The number of ether oxygens (including phenoxy) is 2. The van der Waals surface area contributed by atoms with Crippen molar-refractivity contribution in [2.45, 2.75) is 78.4 Å². The molecule has 0 heterocycles. The van der Waals surface area contributed by atoms with Gasteiger partial charge in [0, 0.05) is 12.1 Å².